The summed E-state index contributed by atoms with van der Waals surface area (Å²) in [6.07, 6.45) is 0.168. The Hall–Kier alpha value is -2.01. The van der Waals surface area contributed by atoms with Crippen LogP contribution in [0, 0.1) is 0 Å². The lowest BCUT2D eigenvalue weighted by molar-refractivity contribution is -0.133. The fourth-order valence-electron chi connectivity index (χ4n) is 2.56. The van der Waals surface area contributed by atoms with E-state index in [1.165, 1.54) is 42.7 Å². The molecule has 0 aliphatic carbocycles. The maximum atomic E-state index is 12.9. The van der Waals surface area contributed by atoms with Crippen molar-refractivity contribution in [3.05, 3.63) is 40.3 Å². The molecule has 1 aliphatic rings. The van der Waals surface area contributed by atoms with Gasteiger partial charge in [-0.2, -0.15) is 4.31 Å². The zero-order valence-corrected chi connectivity index (χ0v) is 14.3. The predicted molar refractivity (Wildman–Crippen MR) is 85.3 cm³/mol. The number of rotatable bonds is 4. The molecule has 128 valence electrons. The molecule has 0 radical (unpaired) electrons. The molecule has 2 aromatic rings. The van der Waals surface area contributed by atoms with Crippen LogP contribution in [0.15, 0.2) is 34.7 Å². The molecular weight excluding hydrogens is 354 g/mol. The van der Waals surface area contributed by atoms with E-state index in [4.69, 9.17) is 9.94 Å². The number of carbonyl (C=O) groups excluding carboxylic acids is 1. The first-order valence-electron chi connectivity index (χ1n) is 6.98. The highest BCUT2D eigenvalue weighted by molar-refractivity contribution is 7.89. The summed E-state index contributed by atoms with van der Waals surface area (Å²) >= 11 is 1.36. The zero-order valence-electron chi connectivity index (χ0n) is 12.7. The van der Waals surface area contributed by atoms with Crippen LogP contribution in [0.25, 0.3) is 0 Å². The highest BCUT2D eigenvalue weighted by atomic mass is 32.2. The molecule has 0 saturated carbocycles. The van der Waals surface area contributed by atoms with E-state index in [9.17, 15) is 13.2 Å². The van der Waals surface area contributed by atoms with Crippen molar-refractivity contribution in [3.63, 3.8) is 0 Å². The molecule has 0 spiro atoms. The number of hydrogen-bond donors (Lipinski definition) is 2. The van der Waals surface area contributed by atoms with Gasteiger partial charge in [-0.25, -0.2) is 18.9 Å². The molecule has 0 bridgehead atoms. The van der Waals surface area contributed by atoms with Crippen molar-refractivity contribution in [3.8, 4) is 5.75 Å². The van der Waals surface area contributed by atoms with Crippen molar-refractivity contribution in [1.82, 2.24) is 14.8 Å². The second kappa shape index (κ2) is 6.48. The van der Waals surface area contributed by atoms with Crippen LogP contribution in [0.2, 0.25) is 0 Å². The number of fused-ring (bicyclic) bond motifs is 1. The summed E-state index contributed by atoms with van der Waals surface area (Å²) in [7, 11) is -2.46. The Kier molecular flexibility index (Phi) is 4.54. The van der Waals surface area contributed by atoms with Gasteiger partial charge in [-0.15, -0.1) is 11.3 Å². The molecule has 2 N–H and O–H groups in total. The standard InChI is InChI=1S/C14H15N3O5S2/c1-22-9-2-4-10(5-3-9)24(20,21)17-7-11-13(23-8-15-11)6-12(17)14(18)16-19/h2-5,8,12,19H,6-7H2,1H3,(H,16,18). The quantitative estimate of drug-likeness (QED) is 0.609. The first-order chi connectivity index (χ1) is 11.5. The first kappa shape index (κ1) is 16.8. The van der Waals surface area contributed by atoms with E-state index in [1.54, 1.807) is 11.0 Å². The van der Waals surface area contributed by atoms with Crippen molar-refractivity contribution in [2.45, 2.75) is 23.9 Å². The predicted octanol–water partition coefficient (Wildman–Crippen LogP) is 0.773. The lowest BCUT2D eigenvalue weighted by Gasteiger charge is -2.32. The van der Waals surface area contributed by atoms with Gasteiger partial charge in [0.15, 0.2) is 0 Å². The smallest absolute Gasteiger partial charge is 0.262 e. The van der Waals surface area contributed by atoms with Gasteiger partial charge in [0.1, 0.15) is 11.8 Å². The van der Waals surface area contributed by atoms with Gasteiger partial charge < -0.3 is 4.74 Å². The molecule has 1 aliphatic heterocycles. The normalized spacial score (nSPS) is 18.0. The van der Waals surface area contributed by atoms with E-state index in [0.717, 1.165) is 9.18 Å². The van der Waals surface area contributed by atoms with Gasteiger partial charge in [-0.1, -0.05) is 0 Å². The molecule has 3 rings (SSSR count). The van der Waals surface area contributed by atoms with Gasteiger partial charge in [-0.3, -0.25) is 10.0 Å². The minimum Gasteiger partial charge on any atom is -0.497 e. The first-order valence-corrected chi connectivity index (χ1v) is 9.30. The molecule has 0 saturated heterocycles. The number of nitrogens with zero attached hydrogens (tertiary/aromatic N) is 2. The lowest BCUT2D eigenvalue weighted by Crippen LogP contribution is -2.51. The second-order valence-electron chi connectivity index (χ2n) is 5.14. The number of thiazole rings is 1. The number of hydroxylamine groups is 1. The fourth-order valence-corrected chi connectivity index (χ4v) is 4.92. The Labute approximate surface area is 142 Å². The summed E-state index contributed by atoms with van der Waals surface area (Å²) in [6.45, 7) is -0.0225. The van der Waals surface area contributed by atoms with E-state index in [2.05, 4.69) is 4.98 Å². The van der Waals surface area contributed by atoms with Crippen molar-refractivity contribution in [1.29, 1.82) is 0 Å². The van der Waals surface area contributed by atoms with Crippen LogP contribution in [-0.2, 0) is 27.8 Å². The van der Waals surface area contributed by atoms with Crippen molar-refractivity contribution < 1.29 is 23.2 Å². The van der Waals surface area contributed by atoms with Gasteiger partial charge >= 0.3 is 0 Å². The number of aromatic nitrogens is 1. The van der Waals surface area contributed by atoms with Crippen LogP contribution >= 0.6 is 11.3 Å². The number of ether oxygens (including phenoxy) is 1. The summed E-state index contributed by atoms with van der Waals surface area (Å²) in [6, 6.07) is 4.87. The van der Waals surface area contributed by atoms with E-state index >= 15 is 0 Å². The van der Waals surface area contributed by atoms with E-state index in [-0.39, 0.29) is 17.9 Å². The minimum absolute atomic E-state index is 0.0225. The largest absolute Gasteiger partial charge is 0.497 e. The molecule has 0 fully saturated rings. The Balaban J connectivity index is 2.01. The summed E-state index contributed by atoms with van der Waals surface area (Å²) in [5.41, 5.74) is 3.79. The average Bonchev–Trinajstić information content (AvgIpc) is 3.07. The number of amides is 1. The number of sulfonamides is 1. The molecule has 1 aromatic carbocycles. The summed E-state index contributed by atoms with van der Waals surface area (Å²) in [5, 5.41) is 8.96. The second-order valence-corrected chi connectivity index (χ2v) is 7.97. The van der Waals surface area contributed by atoms with Crippen LogP contribution in [0.1, 0.15) is 10.6 Å². The number of carbonyl (C=O) groups is 1. The fraction of sp³-hybridized carbons (Fsp3) is 0.286. The van der Waals surface area contributed by atoms with Gasteiger partial charge in [0, 0.05) is 11.3 Å². The number of hydrogen-bond acceptors (Lipinski definition) is 7. The monoisotopic (exact) mass is 369 g/mol. The number of nitrogens with one attached hydrogen (secondary N) is 1. The van der Waals surface area contributed by atoms with Crippen LogP contribution in [0.5, 0.6) is 5.75 Å². The highest BCUT2D eigenvalue weighted by Gasteiger charge is 2.40. The summed E-state index contributed by atoms with van der Waals surface area (Å²) < 4.78 is 32.0. The third-order valence-corrected chi connectivity index (χ3v) is 6.60. The van der Waals surface area contributed by atoms with Crippen molar-refractivity contribution in [2.24, 2.45) is 0 Å². The van der Waals surface area contributed by atoms with E-state index in [1.807, 2.05) is 0 Å². The third-order valence-electron chi connectivity index (χ3n) is 3.84. The average molecular weight is 369 g/mol. The van der Waals surface area contributed by atoms with Gasteiger partial charge in [0.2, 0.25) is 10.0 Å². The molecular formula is C14H15N3O5S2. The Morgan fingerprint density at radius 2 is 2.12 bits per heavy atom. The summed E-state index contributed by atoms with van der Waals surface area (Å²) in [5.74, 6) is -0.245. The highest BCUT2D eigenvalue weighted by Crippen LogP contribution is 2.31. The maximum absolute atomic E-state index is 12.9. The Bertz CT molecular complexity index is 848. The zero-order chi connectivity index (χ0) is 17.3. The molecule has 1 unspecified atom stereocenters. The molecule has 24 heavy (non-hydrogen) atoms. The summed E-state index contributed by atoms with van der Waals surface area (Å²) in [4.78, 5) is 17.0. The SMILES string of the molecule is COc1ccc(S(=O)(=O)N2Cc3ncsc3CC2C(=O)NO)cc1. The van der Waals surface area contributed by atoms with Gasteiger partial charge in [0.25, 0.3) is 5.91 Å². The number of methoxy groups -OCH3 is 1. The third kappa shape index (κ3) is 2.88. The number of benzene rings is 1. The molecule has 1 aromatic heterocycles. The van der Waals surface area contributed by atoms with Crippen LogP contribution in [-0.4, -0.2) is 42.0 Å². The van der Waals surface area contributed by atoms with Crippen molar-refractivity contribution >= 4 is 27.3 Å². The topological polar surface area (TPSA) is 109 Å². The molecule has 1 amide bonds. The van der Waals surface area contributed by atoms with E-state index in [0.29, 0.717) is 11.4 Å². The van der Waals surface area contributed by atoms with Gasteiger partial charge in [0.05, 0.1) is 29.8 Å². The molecule has 8 nitrogen and oxygen atoms in total. The Morgan fingerprint density at radius 3 is 2.75 bits per heavy atom. The molecule has 10 heteroatoms. The van der Waals surface area contributed by atoms with Crippen LogP contribution in [0.4, 0.5) is 0 Å². The van der Waals surface area contributed by atoms with Crippen molar-refractivity contribution in [2.75, 3.05) is 7.11 Å². The molecule has 2 heterocycles. The Morgan fingerprint density at radius 1 is 1.42 bits per heavy atom. The van der Waals surface area contributed by atoms with E-state index < -0.39 is 22.0 Å². The van der Waals surface area contributed by atoms with Crippen LogP contribution < -0.4 is 10.2 Å². The van der Waals surface area contributed by atoms with Gasteiger partial charge in [-0.05, 0) is 24.3 Å². The molecule has 1 atom stereocenters. The maximum Gasteiger partial charge on any atom is 0.262 e. The minimum atomic E-state index is -3.94. The lowest BCUT2D eigenvalue weighted by atomic mass is 10.1. The van der Waals surface area contributed by atoms with Crippen LogP contribution in [0.3, 0.4) is 0 Å².